The van der Waals surface area contributed by atoms with Crippen LogP contribution in [0.25, 0.3) is 5.65 Å². The Morgan fingerprint density at radius 2 is 2.25 bits per heavy atom. The molecule has 1 amide bonds. The van der Waals surface area contributed by atoms with E-state index in [1.807, 2.05) is 13.0 Å². The molecule has 2 aromatic rings. The maximum absolute atomic E-state index is 13.1. The van der Waals surface area contributed by atoms with Gasteiger partial charge in [0.15, 0.2) is 5.65 Å². The molecule has 7 heteroatoms. The van der Waals surface area contributed by atoms with Crippen molar-refractivity contribution in [3.8, 4) is 0 Å². The summed E-state index contributed by atoms with van der Waals surface area (Å²) in [6, 6.07) is 2.03. The Morgan fingerprint density at radius 3 is 3.03 bits per heavy atom. The zero-order chi connectivity index (χ0) is 22.5. The van der Waals surface area contributed by atoms with E-state index < -0.39 is 0 Å². The second kappa shape index (κ2) is 10.3. The molecule has 0 aromatic carbocycles. The van der Waals surface area contributed by atoms with Crippen LogP contribution in [0.5, 0.6) is 0 Å². The molecule has 1 fully saturated rings. The lowest BCUT2D eigenvalue weighted by Crippen LogP contribution is -2.38. The van der Waals surface area contributed by atoms with Crippen LogP contribution in [0.1, 0.15) is 61.4 Å². The van der Waals surface area contributed by atoms with Gasteiger partial charge in [-0.15, -0.1) is 6.58 Å². The van der Waals surface area contributed by atoms with Crippen molar-refractivity contribution >= 4 is 11.6 Å². The highest BCUT2D eigenvalue weighted by Crippen LogP contribution is 2.28. The molecule has 1 aliphatic heterocycles. The van der Waals surface area contributed by atoms with E-state index >= 15 is 0 Å². The summed E-state index contributed by atoms with van der Waals surface area (Å²) in [6.45, 7) is 9.23. The number of nitrogens with one attached hydrogen (secondary N) is 2. The number of rotatable bonds is 8. The maximum atomic E-state index is 13.1. The fourth-order valence-corrected chi connectivity index (χ4v) is 5.06. The van der Waals surface area contributed by atoms with Gasteiger partial charge in [-0.25, -0.2) is 9.50 Å². The first-order valence-electron chi connectivity index (χ1n) is 11.9. The molecular formula is C25H35N5O2. The molecule has 2 N–H and O–H groups in total. The van der Waals surface area contributed by atoms with Gasteiger partial charge in [-0.3, -0.25) is 14.7 Å². The van der Waals surface area contributed by atoms with Crippen LogP contribution in [-0.2, 0) is 11.2 Å². The fourth-order valence-electron chi connectivity index (χ4n) is 5.06. The number of hydrogen-bond acceptors (Lipinski definition) is 4. The van der Waals surface area contributed by atoms with E-state index in [4.69, 9.17) is 0 Å². The number of aryl methyl sites for hydroxylation is 1. The largest absolute Gasteiger partial charge is 0.353 e. The number of H-pyrrole nitrogens is 1. The van der Waals surface area contributed by atoms with Crippen molar-refractivity contribution in [1.82, 2.24) is 24.8 Å². The SMILES string of the molecule is C=CCNC(=O)CCc1c(C)nc2cc([C@@H]3CCCN(C[C@H]4CC=CCC4)C3)[nH]n2c1=O. The van der Waals surface area contributed by atoms with Crippen molar-refractivity contribution in [2.24, 2.45) is 5.92 Å². The van der Waals surface area contributed by atoms with Crippen molar-refractivity contribution in [1.29, 1.82) is 0 Å². The number of nitrogens with zero attached hydrogens (tertiary/aromatic N) is 3. The van der Waals surface area contributed by atoms with Crippen LogP contribution in [0.3, 0.4) is 0 Å². The van der Waals surface area contributed by atoms with Gasteiger partial charge < -0.3 is 10.2 Å². The van der Waals surface area contributed by atoms with Crippen molar-refractivity contribution in [3.05, 3.63) is 58.2 Å². The molecule has 0 bridgehead atoms. The van der Waals surface area contributed by atoms with E-state index in [-0.39, 0.29) is 17.9 Å². The number of hydrogen-bond donors (Lipinski definition) is 2. The molecule has 3 heterocycles. The number of carbonyl (C=O) groups is 1. The summed E-state index contributed by atoms with van der Waals surface area (Å²) in [5.74, 6) is 1.06. The van der Waals surface area contributed by atoms with Crippen LogP contribution < -0.4 is 10.9 Å². The van der Waals surface area contributed by atoms with Crippen molar-refractivity contribution < 1.29 is 4.79 Å². The molecule has 2 aliphatic rings. The molecule has 1 aliphatic carbocycles. The summed E-state index contributed by atoms with van der Waals surface area (Å²) in [6.07, 6.45) is 12.9. The Hall–Kier alpha value is -2.67. The molecule has 2 aromatic heterocycles. The molecule has 32 heavy (non-hydrogen) atoms. The number of allylic oxidation sites excluding steroid dienone is 2. The summed E-state index contributed by atoms with van der Waals surface area (Å²) < 4.78 is 1.56. The summed E-state index contributed by atoms with van der Waals surface area (Å²) in [4.78, 5) is 32.3. The van der Waals surface area contributed by atoms with Crippen molar-refractivity contribution in [2.45, 2.75) is 57.8 Å². The van der Waals surface area contributed by atoms with E-state index in [0.29, 0.717) is 35.8 Å². The van der Waals surface area contributed by atoms with Crippen molar-refractivity contribution in [2.75, 3.05) is 26.2 Å². The number of likely N-dealkylation sites (tertiary alicyclic amines) is 1. The average Bonchev–Trinajstić information content (AvgIpc) is 3.22. The van der Waals surface area contributed by atoms with Crippen LogP contribution in [0.2, 0.25) is 0 Å². The van der Waals surface area contributed by atoms with Crippen LogP contribution in [-0.4, -0.2) is 51.6 Å². The fraction of sp³-hybridized carbons (Fsp3) is 0.560. The monoisotopic (exact) mass is 437 g/mol. The minimum absolute atomic E-state index is 0.0864. The molecule has 2 atom stereocenters. The minimum atomic E-state index is -0.100. The Kier molecular flexibility index (Phi) is 7.25. The lowest BCUT2D eigenvalue weighted by molar-refractivity contribution is -0.120. The highest BCUT2D eigenvalue weighted by molar-refractivity contribution is 5.76. The lowest BCUT2D eigenvalue weighted by atomic mass is 9.90. The summed E-state index contributed by atoms with van der Waals surface area (Å²) in [5, 5.41) is 6.09. The quantitative estimate of drug-likeness (QED) is 0.622. The third-order valence-electron chi connectivity index (χ3n) is 6.82. The van der Waals surface area contributed by atoms with E-state index in [2.05, 4.69) is 39.0 Å². The molecule has 0 radical (unpaired) electrons. The highest BCUT2D eigenvalue weighted by Gasteiger charge is 2.25. The Balaban J connectivity index is 1.47. The predicted octanol–water partition coefficient (Wildman–Crippen LogP) is 3.10. The van der Waals surface area contributed by atoms with Crippen LogP contribution >= 0.6 is 0 Å². The van der Waals surface area contributed by atoms with Gasteiger partial charge in [0.05, 0.1) is 0 Å². The molecule has 0 saturated carbocycles. The second-order valence-electron chi connectivity index (χ2n) is 9.23. The molecule has 1 saturated heterocycles. The van der Waals surface area contributed by atoms with Crippen LogP contribution in [0, 0.1) is 12.8 Å². The van der Waals surface area contributed by atoms with E-state index in [1.54, 1.807) is 10.6 Å². The normalized spacial score (nSPS) is 21.7. The van der Waals surface area contributed by atoms with E-state index in [9.17, 15) is 9.59 Å². The number of amides is 1. The number of aromatic amines is 1. The summed E-state index contributed by atoms with van der Waals surface area (Å²) in [7, 11) is 0. The first kappa shape index (κ1) is 22.5. The zero-order valence-corrected chi connectivity index (χ0v) is 19.1. The van der Waals surface area contributed by atoms with Gasteiger partial charge in [-0.2, -0.15) is 0 Å². The minimum Gasteiger partial charge on any atom is -0.353 e. The molecule has 172 valence electrons. The standard InChI is InChI=1S/C25H35N5O2/c1-3-13-26-24(31)12-11-21-18(2)27-23-15-22(28-30(23)25(21)32)20-10-7-14-29(17-20)16-19-8-5-4-6-9-19/h3-5,15,19-20,28H,1,6-14,16-17H2,2H3,(H,26,31)/t19-,20+/m0/s1. The topological polar surface area (TPSA) is 82.5 Å². The predicted molar refractivity (Wildman–Crippen MR) is 127 cm³/mol. The van der Waals surface area contributed by atoms with E-state index in [0.717, 1.165) is 37.7 Å². The first-order valence-corrected chi connectivity index (χ1v) is 11.9. The number of carbonyl (C=O) groups excluding carboxylic acids is 1. The molecule has 0 spiro atoms. The first-order chi connectivity index (χ1) is 15.5. The smallest absolute Gasteiger partial charge is 0.276 e. The van der Waals surface area contributed by atoms with Crippen molar-refractivity contribution in [3.63, 3.8) is 0 Å². The number of piperidine rings is 1. The van der Waals surface area contributed by atoms with Gasteiger partial charge in [-0.1, -0.05) is 18.2 Å². The molecule has 4 rings (SSSR count). The second-order valence-corrected chi connectivity index (χ2v) is 9.23. The Morgan fingerprint density at radius 1 is 1.38 bits per heavy atom. The van der Waals surface area contributed by atoms with Gasteiger partial charge in [-0.05, 0) is 57.9 Å². The van der Waals surface area contributed by atoms with Crippen LogP contribution in [0.15, 0.2) is 35.7 Å². The van der Waals surface area contributed by atoms with Crippen LogP contribution in [0.4, 0.5) is 0 Å². The third-order valence-corrected chi connectivity index (χ3v) is 6.82. The molecular weight excluding hydrogens is 402 g/mol. The van der Waals surface area contributed by atoms with Gasteiger partial charge in [0, 0.05) is 55.0 Å². The van der Waals surface area contributed by atoms with Gasteiger partial charge in [0.25, 0.3) is 5.56 Å². The molecule has 7 nitrogen and oxygen atoms in total. The Bertz CT molecular complexity index is 1050. The van der Waals surface area contributed by atoms with Gasteiger partial charge >= 0.3 is 0 Å². The number of fused-ring (bicyclic) bond motifs is 1. The maximum Gasteiger partial charge on any atom is 0.276 e. The highest BCUT2D eigenvalue weighted by atomic mass is 16.1. The average molecular weight is 438 g/mol. The summed E-state index contributed by atoms with van der Waals surface area (Å²) >= 11 is 0. The van der Waals surface area contributed by atoms with E-state index in [1.165, 1.54) is 25.7 Å². The summed E-state index contributed by atoms with van der Waals surface area (Å²) in [5.41, 5.74) is 2.95. The Labute approximate surface area is 189 Å². The van der Waals surface area contributed by atoms with Gasteiger partial charge in [0.1, 0.15) is 0 Å². The zero-order valence-electron chi connectivity index (χ0n) is 19.1. The lowest BCUT2D eigenvalue weighted by Gasteiger charge is -2.35. The van der Waals surface area contributed by atoms with Gasteiger partial charge in [0.2, 0.25) is 5.91 Å². The number of aromatic nitrogens is 3. The third kappa shape index (κ3) is 5.21. The molecule has 0 unspecified atom stereocenters.